The summed E-state index contributed by atoms with van der Waals surface area (Å²) in [6.07, 6.45) is 1.77. The minimum Gasteiger partial charge on any atom is -0.444 e. The normalized spacial score (nSPS) is 22.4. The van der Waals surface area contributed by atoms with Gasteiger partial charge in [0.1, 0.15) is 5.60 Å². The molecule has 0 aromatic carbocycles. The van der Waals surface area contributed by atoms with Gasteiger partial charge in [-0.1, -0.05) is 13.8 Å². The van der Waals surface area contributed by atoms with E-state index in [0.717, 1.165) is 39.0 Å². The first-order chi connectivity index (χ1) is 9.32. The van der Waals surface area contributed by atoms with E-state index in [2.05, 4.69) is 17.3 Å². The maximum absolute atomic E-state index is 12.0. The molecule has 2 saturated heterocycles. The van der Waals surface area contributed by atoms with Crippen LogP contribution in [0.1, 0.15) is 47.5 Å². The predicted molar refractivity (Wildman–Crippen MR) is 81.8 cm³/mol. The lowest BCUT2D eigenvalue weighted by molar-refractivity contribution is 0.00285. The summed E-state index contributed by atoms with van der Waals surface area (Å²) in [4.78, 5) is 16.2. The summed E-state index contributed by atoms with van der Waals surface area (Å²) in [5.41, 5.74) is -0.298. The van der Waals surface area contributed by atoms with Crippen LogP contribution in [0.25, 0.3) is 0 Å². The SMILES string of the molecule is CC.CN1CCNC12CCN(C(=O)OC(C)(C)C)CC2. The monoisotopic (exact) mass is 285 g/mol. The number of amides is 1. The average molecular weight is 285 g/mol. The maximum Gasteiger partial charge on any atom is 0.410 e. The summed E-state index contributed by atoms with van der Waals surface area (Å²) in [6.45, 7) is 13.4. The molecule has 2 aliphatic heterocycles. The van der Waals surface area contributed by atoms with Crippen LogP contribution in [-0.2, 0) is 4.74 Å². The van der Waals surface area contributed by atoms with Crippen LogP contribution in [-0.4, -0.2) is 60.4 Å². The summed E-state index contributed by atoms with van der Waals surface area (Å²) in [5.74, 6) is 0. The minimum atomic E-state index is -0.408. The Balaban J connectivity index is 0.000000956. The lowest BCUT2D eigenvalue weighted by atomic mass is 9.97. The van der Waals surface area contributed by atoms with Gasteiger partial charge in [-0.3, -0.25) is 10.2 Å². The molecule has 2 heterocycles. The highest BCUT2D eigenvalue weighted by atomic mass is 16.6. The van der Waals surface area contributed by atoms with Gasteiger partial charge in [0, 0.05) is 26.2 Å². The maximum atomic E-state index is 12.0. The molecule has 1 spiro atoms. The standard InChI is InChI=1S/C13H25N3O2.C2H6/c1-12(2,3)18-11(17)16-8-5-13(6-9-16)14-7-10-15(13)4;1-2/h14H,5-10H2,1-4H3;1-2H3. The molecule has 0 aliphatic carbocycles. The van der Waals surface area contributed by atoms with Crippen molar-refractivity contribution >= 4 is 6.09 Å². The first-order valence-corrected chi connectivity index (χ1v) is 7.77. The molecule has 2 rings (SSSR count). The largest absolute Gasteiger partial charge is 0.444 e. The van der Waals surface area contributed by atoms with E-state index in [1.165, 1.54) is 0 Å². The Morgan fingerprint density at radius 2 is 1.70 bits per heavy atom. The fourth-order valence-electron chi connectivity index (χ4n) is 2.75. The van der Waals surface area contributed by atoms with Crippen LogP contribution in [0.15, 0.2) is 0 Å². The van der Waals surface area contributed by atoms with E-state index < -0.39 is 5.60 Å². The second-order valence-electron chi connectivity index (χ2n) is 6.35. The molecule has 2 aliphatic rings. The molecule has 1 N–H and O–H groups in total. The average Bonchev–Trinajstić information content (AvgIpc) is 2.72. The summed E-state index contributed by atoms with van der Waals surface area (Å²) < 4.78 is 5.41. The van der Waals surface area contributed by atoms with Gasteiger partial charge in [0.2, 0.25) is 0 Å². The first kappa shape index (κ1) is 17.2. The third-order valence-electron chi connectivity index (χ3n) is 3.87. The van der Waals surface area contributed by atoms with Crippen LogP contribution in [0.5, 0.6) is 0 Å². The predicted octanol–water partition coefficient (Wildman–Crippen LogP) is 2.27. The second-order valence-corrected chi connectivity index (χ2v) is 6.35. The summed E-state index contributed by atoms with van der Waals surface area (Å²) in [7, 11) is 2.16. The van der Waals surface area contributed by atoms with Crippen LogP contribution in [0.3, 0.4) is 0 Å². The number of hydrogen-bond acceptors (Lipinski definition) is 4. The molecule has 0 aromatic heterocycles. The van der Waals surface area contributed by atoms with Crippen molar-refractivity contribution in [1.29, 1.82) is 0 Å². The van der Waals surface area contributed by atoms with Crippen molar-refractivity contribution < 1.29 is 9.53 Å². The molecule has 0 radical (unpaired) electrons. The minimum absolute atomic E-state index is 0.110. The fourth-order valence-corrected chi connectivity index (χ4v) is 2.75. The second kappa shape index (κ2) is 6.76. The Labute approximate surface area is 123 Å². The molecule has 1 amide bonds. The Hall–Kier alpha value is -0.810. The van der Waals surface area contributed by atoms with Gasteiger partial charge < -0.3 is 9.64 Å². The molecule has 118 valence electrons. The van der Waals surface area contributed by atoms with E-state index in [1.54, 1.807) is 0 Å². The topological polar surface area (TPSA) is 44.8 Å². The number of likely N-dealkylation sites (N-methyl/N-ethyl adjacent to an activating group) is 1. The van der Waals surface area contributed by atoms with Gasteiger partial charge in [-0.2, -0.15) is 0 Å². The van der Waals surface area contributed by atoms with Crippen LogP contribution in [0.2, 0.25) is 0 Å². The van der Waals surface area contributed by atoms with Gasteiger partial charge in [0.05, 0.1) is 5.66 Å². The molecular weight excluding hydrogens is 254 g/mol. The van der Waals surface area contributed by atoms with Crippen molar-refractivity contribution in [2.45, 2.75) is 58.7 Å². The molecular formula is C15H31N3O2. The molecule has 2 fully saturated rings. The Bertz CT molecular complexity index is 318. The summed E-state index contributed by atoms with van der Waals surface area (Å²) in [6, 6.07) is 0. The van der Waals surface area contributed by atoms with Crippen molar-refractivity contribution in [2.24, 2.45) is 0 Å². The number of carbonyl (C=O) groups is 1. The van der Waals surface area contributed by atoms with Gasteiger partial charge in [0.25, 0.3) is 0 Å². The molecule has 0 saturated carbocycles. The van der Waals surface area contributed by atoms with E-state index in [0.29, 0.717) is 0 Å². The van der Waals surface area contributed by atoms with E-state index >= 15 is 0 Å². The molecule has 5 heteroatoms. The van der Waals surface area contributed by atoms with Crippen molar-refractivity contribution in [3.05, 3.63) is 0 Å². The number of nitrogens with zero attached hydrogens (tertiary/aromatic N) is 2. The number of piperidine rings is 1. The molecule has 5 nitrogen and oxygen atoms in total. The summed E-state index contributed by atoms with van der Waals surface area (Å²) >= 11 is 0. The third-order valence-corrected chi connectivity index (χ3v) is 3.87. The van der Waals surface area contributed by atoms with Crippen LogP contribution in [0.4, 0.5) is 4.79 Å². The molecule has 0 unspecified atom stereocenters. The Morgan fingerprint density at radius 3 is 2.10 bits per heavy atom. The number of rotatable bonds is 0. The van der Waals surface area contributed by atoms with Crippen LogP contribution < -0.4 is 5.32 Å². The first-order valence-electron chi connectivity index (χ1n) is 7.77. The van der Waals surface area contributed by atoms with Gasteiger partial charge in [-0.15, -0.1) is 0 Å². The van der Waals surface area contributed by atoms with Crippen LogP contribution >= 0.6 is 0 Å². The van der Waals surface area contributed by atoms with Crippen molar-refractivity contribution in [1.82, 2.24) is 15.1 Å². The van der Waals surface area contributed by atoms with Crippen molar-refractivity contribution in [3.8, 4) is 0 Å². The quantitative estimate of drug-likeness (QED) is 0.741. The lowest BCUT2D eigenvalue weighted by Gasteiger charge is -2.43. The zero-order valence-corrected chi connectivity index (χ0v) is 14.0. The van der Waals surface area contributed by atoms with Crippen molar-refractivity contribution in [3.63, 3.8) is 0 Å². The lowest BCUT2D eigenvalue weighted by Crippen LogP contribution is -2.58. The number of ether oxygens (including phenoxy) is 1. The zero-order valence-electron chi connectivity index (χ0n) is 14.0. The number of carbonyl (C=O) groups excluding carboxylic acids is 1. The highest BCUT2D eigenvalue weighted by Crippen LogP contribution is 2.28. The number of nitrogens with one attached hydrogen (secondary N) is 1. The molecule has 20 heavy (non-hydrogen) atoms. The van der Waals surface area contributed by atoms with Gasteiger partial charge in [-0.25, -0.2) is 4.79 Å². The number of likely N-dealkylation sites (tertiary alicyclic amines) is 1. The van der Waals surface area contributed by atoms with Crippen molar-refractivity contribution in [2.75, 3.05) is 33.2 Å². The van der Waals surface area contributed by atoms with E-state index in [9.17, 15) is 4.79 Å². The van der Waals surface area contributed by atoms with E-state index in [1.807, 2.05) is 39.5 Å². The van der Waals surface area contributed by atoms with Crippen LogP contribution in [0, 0.1) is 0 Å². The Morgan fingerprint density at radius 1 is 1.15 bits per heavy atom. The highest BCUT2D eigenvalue weighted by Gasteiger charge is 2.42. The number of hydrogen-bond donors (Lipinski definition) is 1. The zero-order chi connectivity index (χ0) is 15.4. The molecule has 0 aromatic rings. The fraction of sp³-hybridized carbons (Fsp3) is 0.933. The summed E-state index contributed by atoms with van der Waals surface area (Å²) in [5, 5.41) is 3.58. The smallest absolute Gasteiger partial charge is 0.410 e. The van der Waals surface area contributed by atoms with E-state index in [4.69, 9.17) is 4.74 Å². The van der Waals surface area contributed by atoms with E-state index in [-0.39, 0.29) is 11.8 Å². The van der Waals surface area contributed by atoms with Gasteiger partial charge in [-0.05, 0) is 40.7 Å². The van der Waals surface area contributed by atoms with Gasteiger partial charge in [0.15, 0.2) is 0 Å². The van der Waals surface area contributed by atoms with Gasteiger partial charge >= 0.3 is 6.09 Å². The highest BCUT2D eigenvalue weighted by molar-refractivity contribution is 5.68. The Kier molecular flexibility index (Phi) is 5.83. The third kappa shape index (κ3) is 4.09. The molecule has 0 bridgehead atoms. The molecule has 0 atom stereocenters.